The normalized spacial score (nSPS) is 15.8. The highest BCUT2D eigenvalue weighted by atomic mass is 32.1. The van der Waals surface area contributed by atoms with Gasteiger partial charge in [-0.1, -0.05) is 48.5 Å². The molecule has 0 saturated heterocycles. The van der Waals surface area contributed by atoms with Crippen LogP contribution >= 0.6 is 34.0 Å². The lowest BCUT2D eigenvalue weighted by Crippen LogP contribution is -1.99. The summed E-state index contributed by atoms with van der Waals surface area (Å²) in [5.74, 6) is -0.314. The van der Waals surface area contributed by atoms with Crippen molar-refractivity contribution in [2.45, 2.75) is 25.7 Å². The van der Waals surface area contributed by atoms with E-state index in [1.807, 2.05) is 6.07 Å². The molecule has 4 nitrogen and oxygen atoms in total. The highest BCUT2D eigenvalue weighted by Gasteiger charge is 2.34. The van der Waals surface area contributed by atoms with Crippen molar-refractivity contribution in [1.29, 1.82) is 0 Å². The van der Waals surface area contributed by atoms with Gasteiger partial charge < -0.3 is 0 Å². The molecule has 1 saturated carbocycles. The zero-order valence-corrected chi connectivity index (χ0v) is 25.4. The average molecular weight is 615 g/mol. The second-order valence-corrected chi connectivity index (χ2v) is 14.3. The molecule has 3 aliphatic rings. The largest absolute Gasteiger partial charge is 0.288 e. The smallest absolute Gasteiger partial charge is 0.197 e. The number of ketones is 4. The van der Waals surface area contributed by atoms with E-state index in [1.165, 1.54) is 15.3 Å². The summed E-state index contributed by atoms with van der Waals surface area (Å²) in [6.45, 7) is 2.07. The quantitative estimate of drug-likeness (QED) is 0.146. The summed E-state index contributed by atoms with van der Waals surface area (Å²) in [6, 6.07) is 22.4. The Labute approximate surface area is 259 Å². The number of benzene rings is 2. The molecule has 1 fully saturated rings. The molecule has 3 heterocycles. The maximum atomic E-state index is 12.9. The second-order valence-electron chi connectivity index (χ2n) is 11.1. The van der Waals surface area contributed by atoms with Crippen molar-refractivity contribution in [2.75, 3.05) is 0 Å². The minimum absolute atomic E-state index is 0.212. The molecular formula is C36H22O4S3. The summed E-state index contributed by atoms with van der Waals surface area (Å²) in [5, 5.41) is 0. The van der Waals surface area contributed by atoms with Gasteiger partial charge in [0.25, 0.3) is 0 Å². The topological polar surface area (TPSA) is 68.3 Å². The van der Waals surface area contributed by atoms with Gasteiger partial charge in [0.05, 0.1) is 11.1 Å². The Morgan fingerprint density at radius 1 is 0.581 bits per heavy atom. The molecule has 3 aromatic heterocycles. The third-order valence-corrected chi connectivity index (χ3v) is 11.9. The van der Waals surface area contributed by atoms with Crippen molar-refractivity contribution in [2.24, 2.45) is 0 Å². The summed E-state index contributed by atoms with van der Waals surface area (Å²) in [4.78, 5) is 58.1. The molecule has 0 unspecified atom stereocenters. The average Bonchev–Trinajstić information content (AvgIpc) is 3.26. The maximum Gasteiger partial charge on any atom is 0.197 e. The number of allylic oxidation sites excluding steroid dienone is 2. The van der Waals surface area contributed by atoms with Crippen LogP contribution in [-0.2, 0) is 0 Å². The van der Waals surface area contributed by atoms with Crippen LogP contribution in [0.1, 0.15) is 81.1 Å². The fourth-order valence-electron chi connectivity index (χ4n) is 5.87. The lowest BCUT2D eigenvalue weighted by molar-refractivity contribution is 0.0975. The van der Waals surface area contributed by atoms with E-state index in [0.717, 1.165) is 37.9 Å². The number of fused-ring (bicyclic) bond motifs is 2. The predicted molar refractivity (Wildman–Crippen MR) is 174 cm³/mol. The van der Waals surface area contributed by atoms with Gasteiger partial charge in [-0.3, -0.25) is 19.2 Å². The van der Waals surface area contributed by atoms with E-state index < -0.39 is 0 Å². The van der Waals surface area contributed by atoms with Crippen molar-refractivity contribution < 1.29 is 19.2 Å². The zero-order chi connectivity index (χ0) is 29.4. The van der Waals surface area contributed by atoms with E-state index in [-0.39, 0.29) is 34.3 Å². The Morgan fingerprint density at radius 3 is 1.65 bits per heavy atom. The fourth-order valence-corrected chi connectivity index (χ4v) is 9.49. The summed E-state index contributed by atoms with van der Waals surface area (Å²) >= 11 is 4.95. The van der Waals surface area contributed by atoms with Crippen LogP contribution in [0.15, 0.2) is 83.9 Å². The van der Waals surface area contributed by atoms with E-state index in [0.29, 0.717) is 28.2 Å². The lowest BCUT2D eigenvalue weighted by Gasteiger charge is -1.98. The molecular weight excluding hydrogens is 593 g/mol. The van der Waals surface area contributed by atoms with Gasteiger partial charge in [-0.25, -0.2) is 0 Å². The number of hydrogen-bond acceptors (Lipinski definition) is 7. The molecule has 2 aromatic carbocycles. The monoisotopic (exact) mass is 614 g/mol. The molecule has 5 aromatic rings. The first-order valence-corrected chi connectivity index (χ1v) is 16.5. The molecule has 7 heteroatoms. The highest BCUT2D eigenvalue weighted by Crippen LogP contribution is 2.52. The van der Waals surface area contributed by atoms with Crippen molar-refractivity contribution in [3.8, 4) is 19.5 Å². The van der Waals surface area contributed by atoms with E-state index in [1.54, 1.807) is 94.7 Å². The molecule has 0 spiro atoms. The maximum absolute atomic E-state index is 12.9. The van der Waals surface area contributed by atoms with Crippen molar-refractivity contribution in [3.63, 3.8) is 0 Å². The molecule has 0 radical (unpaired) electrons. The van der Waals surface area contributed by atoms with Crippen LogP contribution in [0.5, 0.6) is 0 Å². The molecule has 0 atom stereocenters. The molecule has 208 valence electrons. The Morgan fingerprint density at radius 2 is 1.12 bits per heavy atom. The van der Waals surface area contributed by atoms with Gasteiger partial charge in [0.1, 0.15) is 0 Å². The summed E-state index contributed by atoms with van der Waals surface area (Å²) in [6.07, 6.45) is 5.80. The summed E-state index contributed by atoms with van der Waals surface area (Å²) in [5.41, 5.74) is 4.79. The number of carbonyl (C=O) groups excluding carboxylic acids is 4. The van der Waals surface area contributed by atoms with Crippen LogP contribution in [0.3, 0.4) is 0 Å². The Balaban J connectivity index is 1.12. The van der Waals surface area contributed by atoms with E-state index >= 15 is 0 Å². The lowest BCUT2D eigenvalue weighted by atomic mass is 10.1. The van der Waals surface area contributed by atoms with Gasteiger partial charge in [-0.15, -0.1) is 34.0 Å². The number of carbonyl (C=O) groups is 4. The molecule has 0 bridgehead atoms. The second kappa shape index (κ2) is 9.88. The number of Topliss-reactive ketones (excluding diaryl/α,β-unsaturated/α-hetero) is 4. The molecule has 8 rings (SSSR count). The molecule has 43 heavy (non-hydrogen) atoms. The molecule has 3 aliphatic carbocycles. The number of aryl methyl sites for hydroxylation is 1. The van der Waals surface area contributed by atoms with Crippen LogP contribution < -0.4 is 0 Å². The van der Waals surface area contributed by atoms with Crippen LogP contribution in [0.25, 0.3) is 31.7 Å². The van der Waals surface area contributed by atoms with Gasteiger partial charge in [-0.05, 0) is 73.2 Å². The van der Waals surface area contributed by atoms with Crippen molar-refractivity contribution in [1.82, 2.24) is 0 Å². The van der Waals surface area contributed by atoms with Gasteiger partial charge >= 0.3 is 0 Å². The van der Waals surface area contributed by atoms with Gasteiger partial charge in [-0.2, -0.15) is 0 Å². The van der Waals surface area contributed by atoms with E-state index in [9.17, 15) is 19.2 Å². The first kappa shape index (κ1) is 26.3. The first-order valence-electron chi connectivity index (χ1n) is 14.0. The van der Waals surface area contributed by atoms with Gasteiger partial charge in [0, 0.05) is 51.5 Å². The Hall–Kier alpha value is -4.30. The van der Waals surface area contributed by atoms with E-state index in [2.05, 4.69) is 25.1 Å². The molecule has 0 aliphatic heterocycles. The number of hydrogen-bond donors (Lipinski definition) is 0. The van der Waals surface area contributed by atoms with Crippen molar-refractivity contribution in [3.05, 3.63) is 127 Å². The van der Waals surface area contributed by atoms with E-state index in [4.69, 9.17) is 0 Å². The first-order chi connectivity index (χ1) is 20.9. The van der Waals surface area contributed by atoms with Crippen molar-refractivity contribution >= 4 is 69.3 Å². The highest BCUT2D eigenvalue weighted by molar-refractivity contribution is 7.27. The SMILES string of the molecule is Cc1cc(C=C2C(=O)c3ccccc3C2=O)sc1-c1cc(C2CC2)c(-c2ccc(C=C3C(=O)c4ccccc4C3=O)s2)s1. The fraction of sp³-hybridized carbons (Fsp3) is 0.111. The molecule has 0 amide bonds. The van der Waals surface area contributed by atoms with Gasteiger partial charge in [0.15, 0.2) is 23.1 Å². The van der Waals surface area contributed by atoms with Crippen LogP contribution in [0.2, 0.25) is 0 Å². The van der Waals surface area contributed by atoms with Crippen LogP contribution in [0.4, 0.5) is 0 Å². The number of rotatable bonds is 5. The van der Waals surface area contributed by atoms with Crippen LogP contribution in [0, 0.1) is 6.92 Å². The summed E-state index contributed by atoms with van der Waals surface area (Å²) < 4.78 is 0. The van der Waals surface area contributed by atoms with Gasteiger partial charge in [0.2, 0.25) is 0 Å². The third kappa shape index (κ3) is 4.30. The Bertz CT molecular complexity index is 2050. The van der Waals surface area contributed by atoms with Crippen LogP contribution in [-0.4, -0.2) is 23.1 Å². The Kier molecular flexibility index (Phi) is 6.05. The predicted octanol–water partition coefficient (Wildman–Crippen LogP) is 9.32. The standard InChI is InChI=1S/C36H22O4S3/c1-18-14-21(16-28-33(39)24-8-4-5-9-25(24)34(28)40)42-35(18)30-17-26(19-10-11-19)36(43-30)29-13-12-20(41-29)15-27-31(37)22-6-2-3-7-23(22)32(27)38/h2-9,12-17,19H,10-11H2,1H3. The zero-order valence-electron chi connectivity index (χ0n) is 22.9. The molecule has 0 N–H and O–H groups in total. The minimum atomic E-state index is -0.212. The third-order valence-electron chi connectivity index (χ3n) is 8.17. The minimum Gasteiger partial charge on any atom is -0.288 e. The summed E-state index contributed by atoms with van der Waals surface area (Å²) in [7, 11) is 0. The number of thiophene rings is 3.